The lowest BCUT2D eigenvalue weighted by molar-refractivity contribution is -0.175. The normalized spacial score (nSPS) is 47.9. The Balaban J connectivity index is 1.65. The Morgan fingerprint density at radius 1 is 0.971 bits per heavy atom. The van der Waals surface area contributed by atoms with Gasteiger partial charge in [0.25, 0.3) is 0 Å². The lowest BCUT2D eigenvalue weighted by Crippen LogP contribution is -2.64. The van der Waals surface area contributed by atoms with Crippen LogP contribution in [0.4, 0.5) is 0 Å². The van der Waals surface area contributed by atoms with Gasteiger partial charge in [-0.25, -0.2) is 0 Å². The number of hydrogen-bond acceptors (Lipinski definition) is 3. The summed E-state index contributed by atoms with van der Waals surface area (Å²) in [6, 6.07) is 0. The smallest absolute Gasteiger partial charge is 0.310 e. The summed E-state index contributed by atoms with van der Waals surface area (Å²) in [6.45, 7) is 15.9. The summed E-state index contributed by atoms with van der Waals surface area (Å²) in [4.78, 5) is 26.0. The van der Waals surface area contributed by atoms with Gasteiger partial charge in [0.05, 0.1) is 12.0 Å². The minimum Gasteiger partial charge on any atom is -0.481 e. The van der Waals surface area contributed by atoms with Crippen molar-refractivity contribution < 1.29 is 19.8 Å². The highest BCUT2D eigenvalue weighted by molar-refractivity contribution is 6.01. The Morgan fingerprint density at radius 3 is 2.26 bits per heavy atom. The number of ketones is 1. The van der Waals surface area contributed by atoms with Gasteiger partial charge in [-0.1, -0.05) is 66.2 Å². The molecule has 2 N–H and O–H groups in total. The molecule has 7 unspecified atom stereocenters. The molecular formula is C31H46O4. The van der Waals surface area contributed by atoms with Crippen LogP contribution in [0.2, 0.25) is 0 Å². The van der Waals surface area contributed by atoms with E-state index in [-0.39, 0.29) is 45.9 Å². The fourth-order valence-corrected chi connectivity index (χ4v) is 10.4. The van der Waals surface area contributed by atoms with E-state index in [0.29, 0.717) is 11.5 Å². The summed E-state index contributed by atoms with van der Waals surface area (Å²) in [5.41, 5.74) is 0.900. The number of fused-ring (bicyclic) bond motifs is 7. The number of carbonyl (C=O) groups is 2. The van der Waals surface area contributed by atoms with Gasteiger partial charge in [0.1, 0.15) is 0 Å². The number of aliphatic hydroxyl groups is 1. The number of rotatable bonds is 2. The molecule has 5 rings (SSSR count). The highest BCUT2D eigenvalue weighted by Crippen LogP contribution is 2.75. The second-order valence-electron chi connectivity index (χ2n) is 14.9. The van der Waals surface area contributed by atoms with E-state index in [1.807, 2.05) is 0 Å². The fraction of sp³-hybridized carbons (Fsp3) is 0.806. The minimum atomic E-state index is -0.617. The number of hydrogen-bond donors (Lipinski definition) is 2. The van der Waals surface area contributed by atoms with Crippen molar-refractivity contribution >= 4 is 11.8 Å². The molecule has 0 aromatic heterocycles. The molecule has 0 amide bonds. The molecule has 5 aliphatic carbocycles. The monoisotopic (exact) mass is 482 g/mol. The molecule has 0 radical (unpaired) electrons. The summed E-state index contributed by atoms with van der Waals surface area (Å²) in [5.74, 6) is 0.249. The van der Waals surface area contributed by atoms with Crippen molar-refractivity contribution in [2.75, 3.05) is 6.61 Å². The van der Waals surface area contributed by atoms with Gasteiger partial charge in [-0.15, -0.1) is 0 Å². The Kier molecular flexibility index (Phi) is 5.29. The highest BCUT2D eigenvalue weighted by atomic mass is 16.4. The SMILES string of the molecule is CC1(C)CCC2(C(=O)O)CCC3(C)C(=CCC4C5(C)C=C(CO)C(=O)C(C)(C)C5CCC43C)C2C1. The van der Waals surface area contributed by atoms with Gasteiger partial charge in [-0.2, -0.15) is 0 Å². The second kappa shape index (κ2) is 7.33. The number of carboxylic acid groups (broad SMARTS) is 1. The maximum atomic E-state index is 13.2. The van der Waals surface area contributed by atoms with Crippen LogP contribution in [0.5, 0.6) is 0 Å². The van der Waals surface area contributed by atoms with Crippen LogP contribution in [0.15, 0.2) is 23.3 Å². The molecule has 4 heteroatoms. The van der Waals surface area contributed by atoms with Gasteiger partial charge >= 0.3 is 5.97 Å². The van der Waals surface area contributed by atoms with E-state index in [0.717, 1.165) is 51.4 Å². The fourth-order valence-electron chi connectivity index (χ4n) is 10.4. The van der Waals surface area contributed by atoms with E-state index >= 15 is 0 Å². The molecule has 0 heterocycles. The predicted molar refractivity (Wildman–Crippen MR) is 138 cm³/mol. The number of Topliss-reactive ketones (excluding diaryl/α,β-unsaturated/α-hetero) is 1. The van der Waals surface area contributed by atoms with Crippen molar-refractivity contribution in [2.24, 2.45) is 50.2 Å². The largest absolute Gasteiger partial charge is 0.481 e. The van der Waals surface area contributed by atoms with E-state index in [4.69, 9.17) is 0 Å². The van der Waals surface area contributed by atoms with Crippen molar-refractivity contribution in [1.82, 2.24) is 0 Å². The third kappa shape index (κ3) is 3.01. The van der Waals surface area contributed by atoms with E-state index < -0.39 is 16.8 Å². The Morgan fingerprint density at radius 2 is 1.63 bits per heavy atom. The van der Waals surface area contributed by atoms with Gasteiger partial charge in [0, 0.05) is 11.0 Å². The topological polar surface area (TPSA) is 74.6 Å². The molecule has 0 saturated heterocycles. The molecule has 0 aromatic rings. The van der Waals surface area contributed by atoms with Crippen LogP contribution in [0.3, 0.4) is 0 Å². The van der Waals surface area contributed by atoms with Crippen LogP contribution < -0.4 is 0 Å². The molecule has 0 spiro atoms. The van der Waals surface area contributed by atoms with Gasteiger partial charge in [0.15, 0.2) is 5.78 Å². The van der Waals surface area contributed by atoms with Gasteiger partial charge in [-0.05, 0) is 90.8 Å². The average molecular weight is 483 g/mol. The summed E-state index contributed by atoms with van der Waals surface area (Å²) < 4.78 is 0. The quantitative estimate of drug-likeness (QED) is 0.436. The Hall–Kier alpha value is -1.42. The standard InChI is InChI=1S/C31H46O4/c1-26(2)12-14-31(25(34)35)15-13-29(6)20(21(31)17-26)8-9-23-28(5)16-19(18-32)24(33)27(3,4)22(28)10-11-30(23,29)7/h8,16,21-23,32H,9-15,17-18H2,1-7H3,(H,34,35). The van der Waals surface area contributed by atoms with Crippen molar-refractivity contribution in [3.05, 3.63) is 23.3 Å². The molecule has 3 saturated carbocycles. The lowest BCUT2D eigenvalue weighted by atomic mass is 9.34. The Labute approximate surface area is 211 Å². The number of aliphatic hydroxyl groups excluding tert-OH is 1. The van der Waals surface area contributed by atoms with Gasteiger partial charge in [0.2, 0.25) is 0 Å². The first-order chi connectivity index (χ1) is 16.1. The zero-order valence-corrected chi connectivity index (χ0v) is 23.0. The number of carboxylic acids is 1. The summed E-state index contributed by atoms with van der Waals surface area (Å²) in [6.07, 6.45) is 12.0. The first-order valence-electron chi connectivity index (χ1n) is 13.9. The van der Waals surface area contributed by atoms with Crippen molar-refractivity contribution in [2.45, 2.75) is 99.8 Å². The number of allylic oxidation sites excluding steroid dienone is 3. The second-order valence-corrected chi connectivity index (χ2v) is 14.9. The van der Waals surface area contributed by atoms with Crippen LogP contribution in [0, 0.1) is 50.2 Å². The predicted octanol–water partition coefficient (Wildman–Crippen LogP) is 6.58. The lowest BCUT2D eigenvalue weighted by Gasteiger charge is -2.69. The number of carbonyl (C=O) groups excluding carboxylic acids is 1. The molecule has 35 heavy (non-hydrogen) atoms. The van der Waals surface area contributed by atoms with Crippen LogP contribution in [0.25, 0.3) is 0 Å². The molecular weight excluding hydrogens is 436 g/mol. The molecule has 0 aliphatic heterocycles. The van der Waals surface area contributed by atoms with Crippen LogP contribution in [-0.4, -0.2) is 28.6 Å². The van der Waals surface area contributed by atoms with Gasteiger partial charge < -0.3 is 10.2 Å². The molecule has 194 valence electrons. The number of aliphatic carboxylic acids is 1. The van der Waals surface area contributed by atoms with Crippen LogP contribution in [-0.2, 0) is 9.59 Å². The first-order valence-corrected chi connectivity index (χ1v) is 13.9. The van der Waals surface area contributed by atoms with Crippen LogP contribution in [0.1, 0.15) is 99.8 Å². The van der Waals surface area contributed by atoms with Gasteiger partial charge in [-0.3, -0.25) is 9.59 Å². The van der Waals surface area contributed by atoms with E-state index in [1.165, 1.54) is 5.57 Å². The molecule has 7 atom stereocenters. The molecule has 5 aliphatic rings. The van der Waals surface area contributed by atoms with Crippen molar-refractivity contribution in [3.63, 3.8) is 0 Å². The van der Waals surface area contributed by atoms with Crippen molar-refractivity contribution in [1.29, 1.82) is 0 Å². The summed E-state index contributed by atoms with van der Waals surface area (Å²) in [5, 5.41) is 20.6. The highest BCUT2D eigenvalue weighted by Gasteiger charge is 2.69. The van der Waals surface area contributed by atoms with E-state index in [1.54, 1.807) is 0 Å². The average Bonchev–Trinajstić information content (AvgIpc) is 2.76. The molecule has 4 nitrogen and oxygen atoms in total. The maximum absolute atomic E-state index is 13.2. The van der Waals surface area contributed by atoms with Crippen molar-refractivity contribution in [3.8, 4) is 0 Å². The minimum absolute atomic E-state index is 0.0299. The maximum Gasteiger partial charge on any atom is 0.310 e. The van der Waals surface area contributed by atoms with E-state index in [9.17, 15) is 19.8 Å². The van der Waals surface area contributed by atoms with Crippen LogP contribution >= 0.6 is 0 Å². The molecule has 0 bridgehead atoms. The van der Waals surface area contributed by atoms with E-state index in [2.05, 4.69) is 60.6 Å². The zero-order chi connectivity index (χ0) is 25.8. The third-order valence-corrected chi connectivity index (χ3v) is 12.6. The Bertz CT molecular complexity index is 1030. The third-order valence-electron chi connectivity index (χ3n) is 12.6. The first kappa shape index (κ1) is 25.2. The molecule has 0 aromatic carbocycles. The zero-order valence-electron chi connectivity index (χ0n) is 23.0. The summed E-state index contributed by atoms with van der Waals surface area (Å²) in [7, 11) is 0. The summed E-state index contributed by atoms with van der Waals surface area (Å²) >= 11 is 0. The molecule has 3 fully saturated rings.